The lowest BCUT2D eigenvalue weighted by Crippen LogP contribution is -2.26. The van der Waals surface area contributed by atoms with E-state index in [-0.39, 0.29) is 115 Å². The first-order valence-corrected chi connectivity index (χ1v) is 45.9. The normalized spacial score (nSPS) is 15.2. The van der Waals surface area contributed by atoms with Gasteiger partial charge in [0.25, 0.3) is 0 Å². The van der Waals surface area contributed by atoms with Crippen LogP contribution in [-0.2, 0) is 16.2 Å². The Morgan fingerprint density at radius 3 is 0.970 bits per heavy atom. The van der Waals surface area contributed by atoms with Gasteiger partial charge in [-0.15, -0.1) is 0 Å². The van der Waals surface area contributed by atoms with Crippen LogP contribution < -0.4 is 0 Å². The molecule has 0 aromatic heterocycles. The summed E-state index contributed by atoms with van der Waals surface area (Å²) in [4.78, 5) is 0. The summed E-state index contributed by atoms with van der Waals surface area (Å²) >= 11 is 0. The molecule has 132 heavy (non-hydrogen) atoms. The molecule has 4 aliphatic carbocycles. The fourth-order valence-corrected chi connectivity index (χ4v) is 21.6. The van der Waals surface area contributed by atoms with Crippen molar-refractivity contribution in [1.82, 2.24) is 0 Å². The minimum atomic E-state index is -0.353. The van der Waals surface area contributed by atoms with Gasteiger partial charge in [-0.3, -0.25) is 0 Å². The number of hydrogen-bond acceptors (Lipinski definition) is 17. The van der Waals surface area contributed by atoms with Crippen LogP contribution in [0.15, 0.2) is 218 Å². The van der Waals surface area contributed by atoms with Crippen molar-refractivity contribution in [1.29, 1.82) is 0 Å². The maximum Gasteiger partial charge on any atom is 0.157 e. The van der Waals surface area contributed by atoms with Crippen molar-refractivity contribution in [2.75, 3.05) is 0 Å². The Bertz CT molecular complexity index is 5940. The van der Waals surface area contributed by atoms with Crippen molar-refractivity contribution in [3.05, 3.63) is 357 Å². The maximum absolute atomic E-state index is 11.0. The summed E-state index contributed by atoms with van der Waals surface area (Å²) in [6.07, 6.45) is 14.7. The monoisotopic (exact) mass is 1780 g/mol. The maximum atomic E-state index is 11.0. The molecule has 13 aromatic rings. The molecule has 2 saturated carbocycles. The third-order valence-electron chi connectivity index (χ3n) is 28.5. The lowest BCUT2D eigenvalue weighted by molar-refractivity contribution is 0.348. The molecule has 17 rings (SSSR count). The minimum Gasteiger partial charge on any atom is -0.508 e. The lowest BCUT2D eigenvalue weighted by atomic mass is 9.72. The molecule has 17 N–H and O–H groups in total. The van der Waals surface area contributed by atoms with Crippen molar-refractivity contribution in [3.63, 3.8) is 0 Å². The van der Waals surface area contributed by atoms with Gasteiger partial charge in [0.1, 0.15) is 74.7 Å². The topological polar surface area (TPSA) is 344 Å². The Hall–Kier alpha value is -13.5. The van der Waals surface area contributed by atoms with E-state index in [1.807, 2.05) is 145 Å². The molecule has 690 valence electrons. The van der Waals surface area contributed by atoms with E-state index in [4.69, 9.17) is 15.3 Å². The number of rotatable bonds is 15. The third kappa shape index (κ3) is 20.6. The summed E-state index contributed by atoms with van der Waals surface area (Å²) in [5.74, 6) is 2.71. The van der Waals surface area contributed by atoms with Crippen LogP contribution in [0, 0.1) is 62.3 Å². The van der Waals surface area contributed by atoms with Crippen molar-refractivity contribution >= 4 is 0 Å². The molecule has 13 aromatic carbocycles. The molecule has 0 aliphatic heterocycles. The van der Waals surface area contributed by atoms with Gasteiger partial charge in [0.2, 0.25) is 0 Å². The van der Waals surface area contributed by atoms with E-state index < -0.39 is 0 Å². The molecule has 0 amide bonds. The molecule has 0 saturated heterocycles. The zero-order chi connectivity index (χ0) is 95.4. The highest BCUT2D eigenvalue weighted by Crippen LogP contribution is 2.65. The van der Waals surface area contributed by atoms with Gasteiger partial charge < -0.3 is 86.8 Å². The van der Waals surface area contributed by atoms with Gasteiger partial charge in [-0.05, 0) is 372 Å². The molecule has 4 aliphatic rings. The average molecular weight is 1780 g/mol. The predicted molar refractivity (Wildman–Crippen MR) is 522 cm³/mol. The number of para-hydroxylation sites is 1. The molecule has 1 spiro atoms. The van der Waals surface area contributed by atoms with E-state index in [9.17, 15) is 71.5 Å². The first kappa shape index (κ1) is 96.0. The molecule has 2 unspecified atom stereocenters. The number of fused-ring (bicyclic) bond motifs is 4. The molecular weight excluding hydrogens is 1650 g/mol. The van der Waals surface area contributed by atoms with Crippen LogP contribution in [0.2, 0.25) is 0 Å². The summed E-state index contributed by atoms with van der Waals surface area (Å²) < 4.78 is 0. The number of phenolic OH excluding ortho intramolecular Hbond substituents is 17. The van der Waals surface area contributed by atoms with E-state index >= 15 is 0 Å². The molecule has 17 nitrogen and oxygen atoms in total. The molecule has 0 heterocycles. The van der Waals surface area contributed by atoms with Crippen LogP contribution in [0.4, 0.5) is 0 Å². The van der Waals surface area contributed by atoms with Crippen molar-refractivity contribution in [2.45, 2.75) is 238 Å². The fourth-order valence-electron chi connectivity index (χ4n) is 21.6. The Balaban J connectivity index is 0.000000147. The Kier molecular flexibility index (Phi) is 28.8. The second kappa shape index (κ2) is 39.6. The first-order chi connectivity index (χ1) is 62.5. The predicted octanol–water partition coefficient (Wildman–Crippen LogP) is 26.4. The number of hydrogen-bond donors (Lipinski definition) is 17. The van der Waals surface area contributed by atoms with Crippen LogP contribution >= 0.6 is 0 Å². The fraction of sp³-hybridized carbons (Fsp3) is 0.322. The number of phenols is 17. The zero-order valence-corrected chi connectivity index (χ0v) is 78.1. The van der Waals surface area contributed by atoms with Crippen LogP contribution in [0.5, 0.6) is 97.7 Å². The summed E-state index contributed by atoms with van der Waals surface area (Å²) in [5.41, 5.74) is 25.0. The zero-order valence-electron chi connectivity index (χ0n) is 78.1. The van der Waals surface area contributed by atoms with Gasteiger partial charge in [0.15, 0.2) is 23.0 Å². The highest BCUT2D eigenvalue weighted by Gasteiger charge is 2.57. The molecule has 0 radical (unpaired) electrons. The van der Waals surface area contributed by atoms with Crippen molar-refractivity contribution in [3.8, 4) is 97.7 Å². The largest absolute Gasteiger partial charge is 0.508 e. The Morgan fingerprint density at radius 1 is 0.273 bits per heavy atom. The average Bonchev–Trinajstić information content (AvgIpc) is 1.52. The van der Waals surface area contributed by atoms with E-state index in [0.717, 1.165) is 186 Å². The highest BCUT2D eigenvalue weighted by atomic mass is 16.3. The van der Waals surface area contributed by atoms with Gasteiger partial charge in [-0.1, -0.05) is 170 Å². The van der Waals surface area contributed by atoms with Crippen molar-refractivity contribution < 1.29 is 86.8 Å². The smallest absolute Gasteiger partial charge is 0.157 e. The van der Waals surface area contributed by atoms with E-state index in [0.29, 0.717) is 40.6 Å². The summed E-state index contributed by atoms with van der Waals surface area (Å²) in [6, 6.07) is 64.3. The summed E-state index contributed by atoms with van der Waals surface area (Å²) in [5, 5.41) is 169. The Labute approximate surface area is 775 Å². The summed E-state index contributed by atoms with van der Waals surface area (Å²) in [6.45, 7) is 28.9. The molecule has 0 bridgehead atoms. The molecule has 2 fully saturated rings. The van der Waals surface area contributed by atoms with Gasteiger partial charge in [0.05, 0.1) is 0 Å². The number of aryl methyl sites for hydroxylation is 5. The second-order valence-electron chi connectivity index (χ2n) is 38.7. The Morgan fingerprint density at radius 2 is 0.606 bits per heavy atom. The van der Waals surface area contributed by atoms with E-state index in [1.54, 1.807) is 78.9 Å². The summed E-state index contributed by atoms with van der Waals surface area (Å²) in [7, 11) is 0. The molecular formula is C115H128O17. The van der Waals surface area contributed by atoms with Gasteiger partial charge >= 0.3 is 0 Å². The molecule has 17 heteroatoms. The SMILES string of the molecule is CC1(C)CC2(CC(C)(C)c3cc(O)c(O)cc32)c2cc(O)c(O)cc21.Cc1cc(C(c2ccccc2O)c2cc(C)c(O)c(C)c2C)c(C)c(C)c1O.Cc1cc(O)c(C2CCCCC2)cc1C(C)CC(c1ccc(O)cc1C)c1cc(C2CCCCC2)c(O)cc1C.Oc1cc(O)cc(O)c1.Oc1ccc(C(c2ccc(O)cc2)C(c2ccc(O)cc2)c2ccc(O)cc2)cc1. The standard InChI is InChI=1S/C37H48O3.C26H22O4.C25H28O3.C21H24O4.C6H6O3/c1-23-17-29(38)15-16-30(23)35(32-22-34(37(40)20-26(32)4)28-13-9-6-10-14-28)18-24(2)31-21-33(36(39)19-25(31)3)27-11-7-5-8-12-27;27-21-9-1-17(2-10-21)25(18-3-11-22(28)12-4-18)26(19-5-13-23(29)14-6-19)20-7-15-24(30)16-8-20;1-13-11-20(15(3)17(5)24(13)27)23(19-9-7-8-10-22(19)26)21-12-14(2)25(28)18(6)16(21)4;1-19(2)9-21(13-7-17(24)15(22)5-11(13)19)10-20(3,4)12-6-16(23)18(25)8-14(12)21;7-4-1-5(8)3-6(9)2-4/h15-17,19-22,24,27-28,35,38-40H,5-14,18H2,1-4H3;1-16,25-30H;7-12,23,26-28H,1-6H3;5-8,22-25H,9-10H2,1-4H3;1-3,7-9H. The van der Waals surface area contributed by atoms with Crippen molar-refractivity contribution in [2.24, 2.45) is 0 Å². The molecule has 2 atom stereocenters. The highest BCUT2D eigenvalue weighted by molar-refractivity contribution is 5.67. The van der Waals surface area contributed by atoms with Gasteiger partial charge in [0, 0.05) is 52.8 Å². The van der Waals surface area contributed by atoms with E-state index in [1.165, 1.54) is 55.2 Å². The number of benzene rings is 13. The third-order valence-corrected chi connectivity index (χ3v) is 28.5. The minimum absolute atomic E-state index is 0.102. The van der Waals surface area contributed by atoms with E-state index in [2.05, 4.69) is 73.6 Å². The first-order valence-electron chi connectivity index (χ1n) is 45.9. The quantitative estimate of drug-likeness (QED) is 0.0335. The van der Waals surface area contributed by atoms with Crippen LogP contribution in [0.3, 0.4) is 0 Å². The van der Waals surface area contributed by atoms with Crippen LogP contribution in [-0.4, -0.2) is 86.8 Å². The second-order valence-corrected chi connectivity index (χ2v) is 38.7. The van der Waals surface area contributed by atoms with Crippen LogP contribution in [0.1, 0.15) is 299 Å². The lowest BCUT2D eigenvalue weighted by Gasteiger charge is -2.30. The van der Waals surface area contributed by atoms with Gasteiger partial charge in [-0.2, -0.15) is 0 Å². The van der Waals surface area contributed by atoms with Gasteiger partial charge in [-0.25, -0.2) is 0 Å². The number of aromatic hydroxyl groups is 17. The van der Waals surface area contributed by atoms with Crippen LogP contribution in [0.25, 0.3) is 0 Å².